The lowest BCUT2D eigenvalue weighted by Crippen LogP contribution is -2.12. The summed E-state index contributed by atoms with van der Waals surface area (Å²) in [5.41, 5.74) is 7.66. The summed E-state index contributed by atoms with van der Waals surface area (Å²) in [5.74, 6) is 0.750. The number of pyridine rings is 1. The Morgan fingerprint density at radius 1 is 1.44 bits per heavy atom. The van der Waals surface area contributed by atoms with Crippen molar-refractivity contribution in [2.45, 2.75) is 13.5 Å². The lowest BCUT2D eigenvalue weighted by molar-refractivity contribution is 0.725. The van der Waals surface area contributed by atoms with Crippen LogP contribution in [0.1, 0.15) is 5.56 Å². The van der Waals surface area contributed by atoms with Crippen molar-refractivity contribution in [3.63, 3.8) is 0 Å². The van der Waals surface area contributed by atoms with E-state index < -0.39 is 0 Å². The van der Waals surface area contributed by atoms with Crippen molar-refractivity contribution in [3.05, 3.63) is 36.5 Å². The van der Waals surface area contributed by atoms with Gasteiger partial charge < -0.3 is 15.6 Å². The zero-order valence-electron chi connectivity index (χ0n) is 9.22. The molecule has 5 heteroatoms. The highest BCUT2D eigenvalue weighted by Gasteiger charge is 2.01. The maximum absolute atomic E-state index is 5.90. The summed E-state index contributed by atoms with van der Waals surface area (Å²) in [4.78, 5) is 8.17. The average molecular weight is 217 g/mol. The third-order valence-corrected chi connectivity index (χ3v) is 2.43. The second kappa shape index (κ2) is 4.65. The molecule has 0 aromatic carbocycles. The summed E-state index contributed by atoms with van der Waals surface area (Å²) < 4.78 is 2.00. The number of rotatable bonds is 4. The number of hydrogen-bond donors (Lipinski definition) is 2. The summed E-state index contributed by atoms with van der Waals surface area (Å²) >= 11 is 0. The number of anilines is 2. The number of nitrogens with two attached hydrogens (primary N) is 1. The largest absolute Gasteiger partial charge is 0.396 e. The zero-order valence-corrected chi connectivity index (χ0v) is 9.22. The van der Waals surface area contributed by atoms with Crippen LogP contribution in [0.25, 0.3) is 0 Å². The number of nitrogens with zero attached hydrogens (tertiary/aromatic N) is 3. The second-order valence-corrected chi connectivity index (χ2v) is 3.62. The quantitative estimate of drug-likeness (QED) is 0.809. The Balaban J connectivity index is 1.92. The molecule has 2 aromatic heterocycles. The molecule has 0 aliphatic rings. The van der Waals surface area contributed by atoms with Crippen LogP contribution in [0.2, 0.25) is 0 Å². The van der Waals surface area contributed by atoms with E-state index in [0.717, 1.165) is 24.5 Å². The summed E-state index contributed by atoms with van der Waals surface area (Å²) in [5, 5.41) is 3.21. The predicted octanol–water partition coefficient (Wildman–Crippen LogP) is 1.28. The van der Waals surface area contributed by atoms with Crippen LogP contribution in [0.4, 0.5) is 11.5 Å². The van der Waals surface area contributed by atoms with Gasteiger partial charge in [-0.3, -0.25) is 0 Å². The first-order valence-corrected chi connectivity index (χ1v) is 5.18. The van der Waals surface area contributed by atoms with E-state index in [4.69, 9.17) is 5.73 Å². The Bertz CT molecular complexity index is 449. The molecule has 0 bridgehead atoms. The summed E-state index contributed by atoms with van der Waals surface area (Å²) in [6, 6.07) is 1.90. The lowest BCUT2D eigenvalue weighted by atomic mass is 10.2. The highest BCUT2D eigenvalue weighted by molar-refractivity contribution is 5.64. The molecule has 0 atom stereocenters. The van der Waals surface area contributed by atoms with Crippen molar-refractivity contribution >= 4 is 11.5 Å². The molecule has 0 saturated carbocycles. The Morgan fingerprint density at radius 3 is 3.06 bits per heavy atom. The first-order chi connectivity index (χ1) is 7.77. The first-order valence-electron chi connectivity index (χ1n) is 5.18. The summed E-state index contributed by atoms with van der Waals surface area (Å²) in [6.07, 6.45) is 7.23. The summed E-state index contributed by atoms with van der Waals surface area (Å²) in [6.45, 7) is 3.59. The van der Waals surface area contributed by atoms with E-state index in [1.54, 1.807) is 18.7 Å². The van der Waals surface area contributed by atoms with Gasteiger partial charge in [-0.25, -0.2) is 9.97 Å². The van der Waals surface area contributed by atoms with Gasteiger partial charge in [0, 0.05) is 31.7 Å². The van der Waals surface area contributed by atoms with Gasteiger partial charge in [-0.05, 0) is 18.6 Å². The van der Waals surface area contributed by atoms with Gasteiger partial charge in [0.1, 0.15) is 5.82 Å². The molecular formula is C11H15N5. The molecule has 0 spiro atoms. The van der Waals surface area contributed by atoms with E-state index in [-0.39, 0.29) is 0 Å². The second-order valence-electron chi connectivity index (χ2n) is 3.62. The highest BCUT2D eigenvalue weighted by atomic mass is 15.1. The first kappa shape index (κ1) is 10.5. The zero-order chi connectivity index (χ0) is 11.4. The number of aryl methyl sites for hydroxylation is 1. The minimum atomic E-state index is 0.716. The van der Waals surface area contributed by atoms with Crippen molar-refractivity contribution in [2.24, 2.45) is 0 Å². The molecule has 0 fully saturated rings. The maximum atomic E-state index is 5.90. The minimum Gasteiger partial charge on any atom is -0.396 e. The minimum absolute atomic E-state index is 0.716. The number of nitrogen functional groups attached to an aromatic ring is 1. The van der Waals surface area contributed by atoms with Crippen LogP contribution in [0.15, 0.2) is 31.0 Å². The van der Waals surface area contributed by atoms with Gasteiger partial charge in [0.2, 0.25) is 0 Å². The molecule has 5 nitrogen and oxygen atoms in total. The standard InChI is InChI=1S/C11H15N5/c1-9-2-3-14-11(10(9)12)15-5-7-16-6-4-13-8-16/h2-4,6,8H,5,7,12H2,1H3,(H,14,15). The van der Waals surface area contributed by atoms with E-state index in [1.807, 2.05) is 23.8 Å². The topological polar surface area (TPSA) is 68.8 Å². The van der Waals surface area contributed by atoms with Crippen LogP contribution in [0.5, 0.6) is 0 Å². The van der Waals surface area contributed by atoms with Crippen LogP contribution >= 0.6 is 0 Å². The molecule has 0 radical (unpaired) electrons. The fraction of sp³-hybridized carbons (Fsp3) is 0.273. The lowest BCUT2D eigenvalue weighted by Gasteiger charge is -2.09. The number of imidazole rings is 1. The molecule has 2 heterocycles. The molecule has 2 rings (SSSR count). The van der Waals surface area contributed by atoms with E-state index in [2.05, 4.69) is 15.3 Å². The Morgan fingerprint density at radius 2 is 2.31 bits per heavy atom. The van der Waals surface area contributed by atoms with E-state index in [1.165, 1.54) is 0 Å². The maximum Gasteiger partial charge on any atom is 0.149 e. The molecule has 0 saturated heterocycles. The number of nitrogens with one attached hydrogen (secondary N) is 1. The third-order valence-electron chi connectivity index (χ3n) is 2.43. The Hall–Kier alpha value is -2.04. The van der Waals surface area contributed by atoms with Crippen molar-refractivity contribution in [2.75, 3.05) is 17.6 Å². The molecule has 0 amide bonds. The van der Waals surface area contributed by atoms with Gasteiger partial charge in [0.15, 0.2) is 0 Å². The highest BCUT2D eigenvalue weighted by Crippen LogP contribution is 2.18. The van der Waals surface area contributed by atoms with Crippen molar-refractivity contribution < 1.29 is 0 Å². The van der Waals surface area contributed by atoms with Crippen molar-refractivity contribution in [1.82, 2.24) is 14.5 Å². The third kappa shape index (κ3) is 2.31. The van der Waals surface area contributed by atoms with Crippen molar-refractivity contribution in [3.8, 4) is 0 Å². The van der Waals surface area contributed by atoms with Gasteiger partial charge in [-0.2, -0.15) is 0 Å². The predicted molar refractivity (Wildman–Crippen MR) is 64.1 cm³/mol. The SMILES string of the molecule is Cc1ccnc(NCCn2ccnc2)c1N. The van der Waals surface area contributed by atoms with Gasteiger partial charge in [0.25, 0.3) is 0 Å². The van der Waals surface area contributed by atoms with E-state index >= 15 is 0 Å². The Kier molecular flexibility index (Phi) is 3.05. The fourth-order valence-electron chi connectivity index (χ4n) is 1.43. The molecule has 84 valence electrons. The van der Waals surface area contributed by atoms with Crippen LogP contribution in [-0.4, -0.2) is 21.1 Å². The Labute approximate surface area is 94.3 Å². The van der Waals surface area contributed by atoms with Crippen LogP contribution in [0.3, 0.4) is 0 Å². The van der Waals surface area contributed by atoms with Crippen LogP contribution in [0, 0.1) is 6.92 Å². The molecule has 3 N–H and O–H groups in total. The summed E-state index contributed by atoms with van der Waals surface area (Å²) in [7, 11) is 0. The molecule has 0 aliphatic heterocycles. The van der Waals surface area contributed by atoms with Crippen LogP contribution < -0.4 is 11.1 Å². The van der Waals surface area contributed by atoms with Crippen LogP contribution in [-0.2, 0) is 6.54 Å². The van der Waals surface area contributed by atoms with Crippen molar-refractivity contribution in [1.29, 1.82) is 0 Å². The molecular weight excluding hydrogens is 202 g/mol. The monoisotopic (exact) mass is 217 g/mol. The number of hydrogen-bond acceptors (Lipinski definition) is 4. The normalized spacial score (nSPS) is 10.3. The average Bonchev–Trinajstić information content (AvgIpc) is 2.77. The van der Waals surface area contributed by atoms with E-state index in [9.17, 15) is 0 Å². The van der Waals surface area contributed by atoms with Gasteiger partial charge >= 0.3 is 0 Å². The molecule has 2 aromatic rings. The van der Waals surface area contributed by atoms with Gasteiger partial charge in [0.05, 0.1) is 12.0 Å². The fourth-order valence-corrected chi connectivity index (χ4v) is 1.43. The molecule has 0 aliphatic carbocycles. The van der Waals surface area contributed by atoms with E-state index in [0.29, 0.717) is 5.69 Å². The number of aromatic nitrogens is 3. The molecule has 16 heavy (non-hydrogen) atoms. The van der Waals surface area contributed by atoms with Gasteiger partial charge in [-0.15, -0.1) is 0 Å². The smallest absolute Gasteiger partial charge is 0.149 e. The van der Waals surface area contributed by atoms with Gasteiger partial charge in [-0.1, -0.05) is 0 Å². The molecule has 0 unspecified atom stereocenters.